The van der Waals surface area contributed by atoms with E-state index in [0.29, 0.717) is 19.3 Å². The first kappa shape index (κ1) is 9.79. The van der Waals surface area contributed by atoms with Crippen molar-refractivity contribution in [3.05, 3.63) is 0 Å². The fraction of sp³-hybridized carbons (Fsp3) is 0.600. The highest BCUT2D eigenvalue weighted by molar-refractivity contribution is 6.02. The molecule has 0 spiro atoms. The monoisotopic (exact) mass is 179 g/mol. The highest BCUT2D eigenvalue weighted by Crippen LogP contribution is 2.17. The largest absolute Gasteiger partial charge is 0.274 e. The number of imide groups is 1. The minimum absolute atomic E-state index is 0.124. The Kier molecular flexibility index (Phi) is 3.07. The second kappa shape index (κ2) is 4.08. The van der Waals surface area contributed by atoms with Crippen LogP contribution in [0.15, 0.2) is 0 Å². The summed E-state index contributed by atoms with van der Waals surface area (Å²) in [6, 6.07) is -0.326. The van der Waals surface area contributed by atoms with E-state index in [1.807, 2.05) is 6.92 Å². The SMILES string of the molecule is C#CC(CCC)N1C(=O)CCC1=O. The zero-order valence-corrected chi connectivity index (χ0v) is 7.75. The van der Waals surface area contributed by atoms with Gasteiger partial charge in [-0.05, 0) is 6.42 Å². The number of amides is 2. The van der Waals surface area contributed by atoms with E-state index in [4.69, 9.17) is 6.42 Å². The summed E-state index contributed by atoms with van der Waals surface area (Å²) in [4.78, 5) is 23.8. The molecule has 0 bridgehead atoms. The summed E-state index contributed by atoms with van der Waals surface area (Å²) >= 11 is 0. The predicted octanol–water partition coefficient (Wildman–Crippen LogP) is 0.937. The average Bonchev–Trinajstić information content (AvgIpc) is 2.43. The van der Waals surface area contributed by atoms with Crippen molar-refractivity contribution >= 4 is 11.8 Å². The number of hydrogen-bond acceptors (Lipinski definition) is 2. The standard InChI is InChI=1S/C10H13NO2/c1-3-5-8(4-2)11-9(12)6-7-10(11)13/h2,8H,3,5-7H2,1H3. The summed E-state index contributed by atoms with van der Waals surface area (Å²) in [5, 5.41) is 0. The highest BCUT2D eigenvalue weighted by atomic mass is 16.2. The number of carbonyl (C=O) groups excluding carboxylic acids is 2. The molecule has 13 heavy (non-hydrogen) atoms. The molecule has 2 amide bonds. The molecule has 1 fully saturated rings. The fourth-order valence-electron chi connectivity index (χ4n) is 1.50. The van der Waals surface area contributed by atoms with Gasteiger partial charge in [-0.25, -0.2) is 0 Å². The lowest BCUT2D eigenvalue weighted by Crippen LogP contribution is -2.38. The van der Waals surface area contributed by atoms with Crippen molar-refractivity contribution in [2.45, 2.75) is 38.6 Å². The molecule has 1 heterocycles. The average molecular weight is 179 g/mol. The smallest absolute Gasteiger partial charge is 0.230 e. The molecule has 3 heteroatoms. The third-order valence-electron chi connectivity index (χ3n) is 2.16. The fourth-order valence-corrected chi connectivity index (χ4v) is 1.50. The molecule has 0 N–H and O–H groups in total. The van der Waals surface area contributed by atoms with Gasteiger partial charge in [-0.1, -0.05) is 19.3 Å². The van der Waals surface area contributed by atoms with Crippen LogP contribution in [0.4, 0.5) is 0 Å². The van der Waals surface area contributed by atoms with Gasteiger partial charge >= 0.3 is 0 Å². The van der Waals surface area contributed by atoms with E-state index >= 15 is 0 Å². The van der Waals surface area contributed by atoms with Crippen LogP contribution in [-0.4, -0.2) is 22.8 Å². The quantitative estimate of drug-likeness (QED) is 0.477. The van der Waals surface area contributed by atoms with E-state index < -0.39 is 0 Å². The zero-order valence-electron chi connectivity index (χ0n) is 7.75. The molecule has 0 aliphatic carbocycles. The normalized spacial score (nSPS) is 18.9. The van der Waals surface area contributed by atoms with Gasteiger partial charge in [0.25, 0.3) is 0 Å². The predicted molar refractivity (Wildman–Crippen MR) is 48.6 cm³/mol. The van der Waals surface area contributed by atoms with Gasteiger partial charge < -0.3 is 0 Å². The number of likely N-dealkylation sites (tertiary alicyclic amines) is 1. The van der Waals surface area contributed by atoms with Crippen molar-refractivity contribution in [2.75, 3.05) is 0 Å². The zero-order chi connectivity index (χ0) is 9.84. The van der Waals surface area contributed by atoms with Crippen LogP contribution in [0.2, 0.25) is 0 Å². The van der Waals surface area contributed by atoms with Crippen molar-refractivity contribution in [1.29, 1.82) is 0 Å². The summed E-state index contributed by atoms with van der Waals surface area (Å²) in [5.74, 6) is 2.24. The van der Waals surface area contributed by atoms with E-state index in [2.05, 4.69) is 5.92 Å². The van der Waals surface area contributed by atoms with E-state index in [9.17, 15) is 9.59 Å². The molecular weight excluding hydrogens is 166 g/mol. The molecule has 0 aromatic carbocycles. The van der Waals surface area contributed by atoms with Gasteiger partial charge in [0.05, 0.1) is 0 Å². The number of nitrogens with zero attached hydrogens (tertiary/aromatic N) is 1. The van der Waals surface area contributed by atoms with Gasteiger partial charge in [0.1, 0.15) is 6.04 Å². The van der Waals surface area contributed by atoms with Gasteiger partial charge in [0.2, 0.25) is 11.8 Å². The van der Waals surface area contributed by atoms with Crippen LogP contribution < -0.4 is 0 Å². The lowest BCUT2D eigenvalue weighted by Gasteiger charge is -2.20. The summed E-state index contributed by atoms with van der Waals surface area (Å²) in [6.07, 6.45) is 7.49. The number of hydrogen-bond donors (Lipinski definition) is 0. The van der Waals surface area contributed by atoms with Gasteiger partial charge in [-0.15, -0.1) is 6.42 Å². The summed E-state index contributed by atoms with van der Waals surface area (Å²) in [5.41, 5.74) is 0. The van der Waals surface area contributed by atoms with Gasteiger partial charge in [0.15, 0.2) is 0 Å². The molecule has 0 saturated carbocycles. The Morgan fingerprint density at radius 1 is 1.46 bits per heavy atom. The Morgan fingerprint density at radius 3 is 2.38 bits per heavy atom. The van der Waals surface area contributed by atoms with Crippen molar-refractivity contribution in [3.8, 4) is 12.3 Å². The third-order valence-corrected chi connectivity index (χ3v) is 2.16. The Bertz CT molecular complexity index is 249. The maximum absolute atomic E-state index is 11.3. The maximum atomic E-state index is 11.3. The van der Waals surface area contributed by atoms with Crippen molar-refractivity contribution in [3.63, 3.8) is 0 Å². The summed E-state index contributed by atoms with van der Waals surface area (Å²) in [6.45, 7) is 1.98. The molecule has 0 aromatic heterocycles. The maximum Gasteiger partial charge on any atom is 0.230 e. The molecule has 1 unspecified atom stereocenters. The highest BCUT2D eigenvalue weighted by Gasteiger charge is 2.33. The summed E-state index contributed by atoms with van der Waals surface area (Å²) in [7, 11) is 0. The van der Waals surface area contributed by atoms with Crippen LogP contribution in [0.5, 0.6) is 0 Å². The van der Waals surface area contributed by atoms with Crippen molar-refractivity contribution in [1.82, 2.24) is 4.90 Å². The van der Waals surface area contributed by atoms with E-state index in [1.54, 1.807) is 0 Å². The third kappa shape index (κ3) is 1.89. The van der Waals surface area contributed by atoms with Gasteiger partial charge in [-0.2, -0.15) is 0 Å². The molecule has 1 rings (SSSR count). The topological polar surface area (TPSA) is 37.4 Å². The van der Waals surface area contributed by atoms with Crippen LogP contribution in [0.1, 0.15) is 32.6 Å². The molecule has 0 radical (unpaired) electrons. The lowest BCUT2D eigenvalue weighted by atomic mass is 10.1. The number of terminal acetylenes is 1. The van der Waals surface area contributed by atoms with Crippen LogP contribution in [0.3, 0.4) is 0 Å². The molecule has 3 nitrogen and oxygen atoms in total. The second-order valence-corrected chi connectivity index (χ2v) is 3.13. The molecule has 1 atom stereocenters. The first-order valence-electron chi connectivity index (χ1n) is 4.51. The van der Waals surface area contributed by atoms with Gasteiger partial charge in [-0.3, -0.25) is 14.5 Å². The van der Waals surface area contributed by atoms with Crippen LogP contribution in [-0.2, 0) is 9.59 Å². The molecule has 1 aliphatic heterocycles. The number of rotatable bonds is 3. The molecule has 1 saturated heterocycles. The molecule has 1 aliphatic rings. The van der Waals surface area contributed by atoms with E-state index in [1.165, 1.54) is 4.90 Å². The molecule has 0 aromatic rings. The Morgan fingerprint density at radius 2 is 2.00 bits per heavy atom. The van der Waals surface area contributed by atoms with Crippen LogP contribution in [0, 0.1) is 12.3 Å². The van der Waals surface area contributed by atoms with E-state index in [-0.39, 0.29) is 17.9 Å². The first-order chi connectivity index (χ1) is 6.20. The molecular formula is C10H13NO2. The minimum Gasteiger partial charge on any atom is -0.274 e. The first-order valence-corrected chi connectivity index (χ1v) is 4.51. The lowest BCUT2D eigenvalue weighted by molar-refractivity contribution is -0.139. The Labute approximate surface area is 78.1 Å². The molecule has 70 valence electrons. The summed E-state index contributed by atoms with van der Waals surface area (Å²) < 4.78 is 0. The van der Waals surface area contributed by atoms with Crippen LogP contribution in [0.25, 0.3) is 0 Å². The number of carbonyl (C=O) groups is 2. The van der Waals surface area contributed by atoms with Crippen molar-refractivity contribution in [2.24, 2.45) is 0 Å². The Balaban J connectivity index is 2.73. The second-order valence-electron chi connectivity index (χ2n) is 3.13. The van der Waals surface area contributed by atoms with Gasteiger partial charge in [0, 0.05) is 12.8 Å². The van der Waals surface area contributed by atoms with Crippen molar-refractivity contribution < 1.29 is 9.59 Å². The Hall–Kier alpha value is -1.30. The van der Waals surface area contributed by atoms with Crippen LogP contribution >= 0.6 is 0 Å². The van der Waals surface area contributed by atoms with E-state index in [0.717, 1.165) is 6.42 Å². The minimum atomic E-state index is -0.326.